The number of nitrogens with zero attached hydrogens (tertiary/aromatic N) is 1. The Morgan fingerprint density at radius 2 is 2.25 bits per heavy atom. The van der Waals surface area contributed by atoms with Crippen LogP contribution in [0.4, 0.5) is 5.69 Å². The third-order valence-electron chi connectivity index (χ3n) is 3.42. The first-order valence-corrected chi connectivity index (χ1v) is 6.82. The quantitative estimate of drug-likeness (QED) is 0.845. The molecule has 0 unspecified atom stereocenters. The van der Waals surface area contributed by atoms with Crippen LogP contribution in [0, 0.1) is 6.92 Å². The van der Waals surface area contributed by atoms with Gasteiger partial charge in [0.05, 0.1) is 13.2 Å². The second-order valence-electron chi connectivity index (χ2n) is 4.95. The summed E-state index contributed by atoms with van der Waals surface area (Å²) in [5.74, 6) is 0.141. The Morgan fingerprint density at radius 3 is 3.00 bits per heavy atom. The first-order chi connectivity index (χ1) is 9.22. The molecule has 0 saturated carbocycles. The lowest BCUT2D eigenvalue weighted by atomic mass is 10.00. The van der Waals surface area contributed by atoms with E-state index in [1.165, 1.54) is 11.1 Å². The summed E-state index contributed by atoms with van der Waals surface area (Å²) in [5.41, 5.74) is 3.57. The molecule has 0 bridgehead atoms. The SMILES string of the molecule is COCCNCC(=O)N1CCCc2ccc(C)cc21.Cl. The van der Waals surface area contributed by atoms with Gasteiger partial charge >= 0.3 is 0 Å². The summed E-state index contributed by atoms with van der Waals surface area (Å²) in [6.45, 7) is 4.59. The van der Waals surface area contributed by atoms with Crippen LogP contribution in [0.3, 0.4) is 0 Å². The highest BCUT2D eigenvalue weighted by Crippen LogP contribution is 2.27. The van der Waals surface area contributed by atoms with Crippen LogP contribution < -0.4 is 10.2 Å². The number of carbonyl (C=O) groups is 1. The van der Waals surface area contributed by atoms with Crippen LogP contribution in [-0.2, 0) is 16.0 Å². The van der Waals surface area contributed by atoms with E-state index in [4.69, 9.17) is 4.74 Å². The topological polar surface area (TPSA) is 41.6 Å². The van der Waals surface area contributed by atoms with Crippen molar-refractivity contribution in [2.24, 2.45) is 0 Å². The Labute approximate surface area is 126 Å². The average Bonchev–Trinajstić information content (AvgIpc) is 2.42. The number of anilines is 1. The summed E-state index contributed by atoms with van der Waals surface area (Å²) < 4.78 is 4.95. The third kappa shape index (κ3) is 4.20. The first kappa shape index (κ1) is 17.0. The number of aryl methyl sites for hydroxylation is 2. The van der Waals surface area contributed by atoms with Crippen molar-refractivity contribution in [3.8, 4) is 0 Å². The lowest BCUT2D eigenvalue weighted by Crippen LogP contribution is -2.41. The second kappa shape index (κ2) is 8.25. The zero-order valence-electron chi connectivity index (χ0n) is 12.1. The van der Waals surface area contributed by atoms with Crippen molar-refractivity contribution in [1.82, 2.24) is 5.32 Å². The van der Waals surface area contributed by atoms with Crippen LogP contribution in [0.1, 0.15) is 17.5 Å². The van der Waals surface area contributed by atoms with Gasteiger partial charge in [0.15, 0.2) is 0 Å². The summed E-state index contributed by atoms with van der Waals surface area (Å²) in [6.07, 6.45) is 2.11. The van der Waals surface area contributed by atoms with E-state index in [-0.39, 0.29) is 18.3 Å². The maximum absolute atomic E-state index is 12.3. The third-order valence-corrected chi connectivity index (χ3v) is 3.42. The molecule has 20 heavy (non-hydrogen) atoms. The number of methoxy groups -OCH3 is 1. The van der Waals surface area contributed by atoms with Crippen molar-refractivity contribution in [2.45, 2.75) is 19.8 Å². The number of nitrogens with one attached hydrogen (secondary N) is 1. The van der Waals surface area contributed by atoms with Gasteiger partial charge in [-0.3, -0.25) is 4.79 Å². The van der Waals surface area contributed by atoms with Gasteiger partial charge in [-0.1, -0.05) is 12.1 Å². The Hall–Kier alpha value is -1.10. The first-order valence-electron chi connectivity index (χ1n) is 6.82. The van der Waals surface area contributed by atoms with Crippen LogP contribution in [0.5, 0.6) is 0 Å². The molecule has 5 heteroatoms. The zero-order valence-corrected chi connectivity index (χ0v) is 13.0. The molecule has 0 aromatic heterocycles. The van der Waals surface area contributed by atoms with E-state index >= 15 is 0 Å². The van der Waals surface area contributed by atoms with Crippen molar-refractivity contribution in [1.29, 1.82) is 0 Å². The molecule has 1 heterocycles. The molecule has 0 fully saturated rings. The number of hydrogen-bond acceptors (Lipinski definition) is 3. The van der Waals surface area contributed by atoms with E-state index in [2.05, 4.69) is 30.4 Å². The molecule has 112 valence electrons. The predicted octanol–water partition coefficient (Wildman–Crippen LogP) is 1.93. The number of benzene rings is 1. The summed E-state index contributed by atoms with van der Waals surface area (Å²) in [6, 6.07) is 6.37. The molecule has 1 aliphatic heterocycles. The van der Waals surface area contributed by atoms with E-state index in [0.29, 0.717) is 19.7 Å². The molecule has 4 nitrogen and oxygen atoms in total. The fraction of sp³-hybridized carbons (Fsp3) is 0.533. The fourth-order valence-electron chi connectivity index (χ4n) is 2.41. The fourth-order valence-corrected chi connectivity index (χ4v) is 2.41. The molecule has 2 rings (SSSR count). The van der Waals surface area contributed by atoms with Crippen molar-refractivity contribution in [3.05, 3.63) is 29.3 Å². The van der Waals surface area contributed by atoms with E-state index in [1.54, 1.807) is 7.11 Å². The van der Waals surface area contributed by atoms with E-state index in [0.717, 1.165) is 25.1 Å². The predicted molar refractivity (Wildman–Crippen MR) is 83.8 cm³/mol. The van der Waals surface area contributed by atoms with Gasteiger partial charge in [-0.05, 0) is 37.0 Å². The summed E-state index contributed by atoms with van der Waals surface area (Å²) in [5, 5.41) is 3.11. The molecule has 1 aromatic carbocycles. The number of amides is 1. The number of carbonyl (C=O) groups excluding carboxylic acids is 1. The van der Waals surface area contributed by atoms with Gasteiger partial charge in [0.25, 0.3) is 0 Å². The van der Waals surface area contributed by atoms with Gasteiger partial charge in [0.1, 0.15) is 0 Å². The normalized spacial score (nSPS) is 13.6. The highest BCUT2D eigenvalue weighted by molar-refractivity contribution is 5.96. The summed E-state index contributed by atoms with van der Waals surface area (Å²) >= 11 is 0. The van der Waals surface area contributed by atoms with Gasteiger partial charge < -0.3 is 15.0 Å². The largest absolute Gasteiger partial charge is 0.383 e. The van der Waals surface area contributed by atoms with Crippen molar-refractivity contribution >= 4 is 24.0 Å². The van der Waals surface area contributed by atoms with Gasteiger partial charge in [0.2, 0.25) is 5.91 Å². The highest BCUT2D eigenvalue weighted by Gasteiger charge is 2.21. The molecule has 0 saturated heterocycles. The molecular formula is C15H23ClN2O2. The number of halogens is 1. The molecule has 1 amide bonds. The number of rotatable bonds is 5. The standard InChI is InChI=1S/C15H22N2O2.ClH/c1-12-5-6-13-4-3-8-17(14(13)10-12)15(18)11-16-7-9-19-2;/h5-6,10,16H,3-4,7-9,11H2,1-2H3;1H. The van der Waals surface area contributed by atoms with Gasteiger partial charge in [-0.25, -0.2) is 0 Å². The smallest absolute Gasteiger partial charge is 0.240 e. The number of hydrogen-bond donors (Lipinski definition) is 1. The van der Waals surface area contributed by atoms with Crippen molar-refractivity contribution < 1.29 is 9.53 Å². The van der Waals surface area contributed by atoms with Crippen LogP contribution in [-0.4, -0.2) is 39.3 Å². The molecule has 1 aromatic rings. The van der Waals surface area contributed by atoms with Crippen LogP contribution in [0.25, 0.3) is 0 Å². The minimum Gasteiger partial charge on any atom is -0.383 e. The molecule has 0 atom stereocenters. The van der Waals surface area contributed by atoms with Crippen LogP contribution >= 0.6 is 12.4 Å². The summed E-state index contributed by atoms with van der Waals surface area (Å²) in [4.78, 5) is 14.2. The number of ether oxygens (including phenoxy) is 1. The molecule has 1 N–H and O–H groups in total. The Bertz CT molecular complexity index is 451. The second-order valence-corrected chi connectivity index (χ2v) is 4.95. The van der Waals surface area contributed by atoms with E-state index < -0.39 is 0 Å². The molecule has 0 aliphatic carbocycles. The minimum atomic E-state index is 0. The van der Waals surface area contributed by atoms with E-state index in [9.17, 15) is 4.79 Å². The minimum absolute atomic E-state index is 0. The molecular weight excluding hydrogens is 276 g/mol. The Balaban J connectivity index is 0.00000200. The Kier molecular flexibility index (Phi) is 6.99. The van der Waals surface area contributed by atoms with E-state index in [1.807, 2.05) is 4.90 Å². The zero-order chi connectivity index (χ0) is 13.7. The molecule has 0 spiro atoms. The summed E-state index contributed by atoms with van der Waals surface area (Å²) in [7, 11) is 1.66. The average molecular weight is 299 g/mol. The van der Waals surface area contributed by atoms with Crippen molar-refractivity contribution in [3.63, 3.8) is 0 Å². The molecule has 0 radical (unpaired) electrons. The Morgan fingerprint density at radius 1 is 1.45 bits per heavy atom. The monoisotopic (exact) mass is 298 g/mol. The van der Waals surface area contributed by atoms with Crippen LogP contribution in [0.15, 0.2) is 18.2 Å². The van der Waals surface area contributed by atoms with Crippen LogP contribution in [0.2, 0.25) is 0 Å². The van der Waals surface area contributed by atoms with Gasteiger partial charge in [-0.2, -0.15) is 0 Å². The lowest BCUT2D eigenvalue weighted by Gasteiger charge is -2.30. The van der Waals surface area contributed by atoms with Crippen molar-refractivity contribution in [2.75, 3.05) is 38.3 Å². The lowest BCUT2D eigenvalue weighted by molar-refractivity contribution is -0.117. The molecule has 1 aliphatic rings. The highest BCUT2D eigenvalue weighted by atomic mass is 35.5. The van der Waals surface area contributed by atoms with Gasteiger partial charge in [-0.15, -0.1) is 12.4 Å². The number of fused-ring (bicyclic) bond motifs is 1. The maximum atomic E-state index is 12.3. The maximum Gasteiger partial charge on any atom is 0.240 e. The van der Waals surface area contributed by atoms with Gasteiger partial charge in [0, 0.05) is 25.9 Å².